The van der Waals surface area contributed by atoms with Crippen molar-refractivity contribution < 1.29 is 19.3 Å². The first-order valence-corrected chi connectivity index (χ1v) is 8.40. The molecule has 23 heavy (non-hydrogen) atoms. The summed E-state index contributed by atoms with van der Waals surface area (Å²) in [4.78, 5) is 13.5. The molecule has 1 N–H and O–H groups in total. The molecule has 1 atom stereocenters. The van der Waals surface area contributed by atoms with Crippen LogP contribution in [-0.2, 0) is 4.79 Å². The van der Waals surface area contributed by atoms with Crippen LogP contribution in [0.5, 0.6) is 11.5 Å². The fourth-order valence-electron chi connectivity index (χ4n) is 3.54. The number of ether oxygens (including phenoxy) is 2. The van der Waals surface area contributed by atoms with E-state index in [9.17, 15) is 9.82 Å². The van der Waals surface area contributed by atoms with E-state index in [0.717, 1.165) is 29.9 Å². The number of nitrogens with zero attached hydrogens (tertiary/aromatic N) is 1. The van der Waals surface area contributed by atoms with Gasteiger partial charge in [0.25, 0.3) is 0 Å². The van der Waals surface area contributed by atoms with Gasteiger partial charge in [-0.3, -0.25) is 4.79 Å². The fraction of sp³-hybridized carbons (Fsp3) is 0.588. The lowest BCUT2D eigenvalue weighted by Crippen LogP contribution is -2.38. The number of carbonyl (C=O) groups excluding carboxylic acids is 1. The number of hydrogen-bond acceptors (Lipinski definition) is 4. The van der Waals surface area contributed by atoms with Gasteiger partial charge in [0.15, 0.2) is 11.5 Å². The molecule has 1 heterocycles. The van der Waals surface area contributed by atoms with Crippen molar-refractivity contribution in [1.29, 1.82) is 0 Å². The van der Waals surface area contributed by atoms with Crippen LogP contribution < -0.4 is 9.47 Å². The Hall–Kier alpha value is -1.69. The van der Waals surface area contributed by atoms with Gasteiger partial charge in [0.1, 0.15) is 0 Å². The zero-order valence-electron chi connectivity index (χ0n) is 13.8. The molecule has 1 aromatic rings. The number of amides is 1. The molecular formula is C17H24BNO4. The van der Waals surface area contributed by atoms with E-state index >= 15 is 0 Å². The number of carbonyl (C=O) groups is 1. The van der Waals surface area contributed by atoms with E-state index in [1.807, 2.05) is 18.2 Å². The van der Waals surface area contributed by atoms with Crippen LogP contribution in [-0.4, -0.2) is 42.6 Å². The lowest BCUT2D eigenvalue weighted by Gasteiger charge is -2.19. The van der Waals surface area contributed by atoms with Crippen LogP contribution in [0.3, 0.4) is 0 Å². The van der Waals surface area contributed by atoms with Crippen molar-refractivity contribution in [2.75, 3.05) is 13.7 Å². The van der Waals surface area contributed by atoms with Crippen LogP contribution in [0.1, 0.15) is 43.6 Å². The lowest BCUT2D eigenvalue weighted by molar-refractivity contribution is -0.124. The van der Waals surface area contributed by atoms with E-state index in [-0.39, 0.29) is 17.9 Å². The van der Waals surface area contributed by atoms with Gasteiger partial charge in [-0.1, -0.05) is 6.07 Å². The van der Waals surface area contributed by atoms with Gasteiger partial charge in [0.2, 0.25) is 5.91 Å². The van der Waals surface area contributed by atoms with Gasteiger partial charge in [-0.05, 0) is 50.2 Å². The van der Waals surface area contributed by atoms with Gasteiger partial charge >= 0.3 is 7.05 Å². The third-order valence-electron chi connectivity index (χ3n) is 4.86. The predicted molar refractivity (Wildman–Crippen MR) is 88.8 cm³/mol. The SMILES string of the molecule is COc1ccc(C2CC(=O)N(B(C)O)C2)cc1OC1CCCC1. The first-order chi connectivity index (χ1) is 11.1. The van der Waals surface area contributed by atoms with Gasteiger partial charge in [-0.2, -0.15) is 0 Å². The van der Waals surface area contributed by atoms with E-state index in [0.29, 0.717) is 13.0 Å². The maximum Gasteiger partial charge on any atom is 0.411 e. The van der Waals surface area contributed by atoms with E-state index < -0.39 is 7.05 Å². The van der Waals surface area contributed by atoms with Crippen LogP contribution in [0.15, 0.2) is 18.2 Å². The Bertz CT molecular complexity index is 572. The molecular weight excluding hydrogens is 293 g/mol. The third kappa shape index (κ3) is 3.47. The summed E-state index contributed by atoms with van der Waals surface area (Å²) in [5, 5.41) is 9.67. The molecule has 2 aliphatic rings. The monoisotopic (exact) mass is 317 g/mol. The van der Waals surface area contributed by atoms with E-state index in [1.54, 1.807) is 13.9 Å². The van der Waals surface area contributed by atoms with Crippen LogP contribution in [0, 0.1) is 0 Å². The standard InChI is InChI=1S/C17H24BNO4/c1-18(21)19-11-13(10-17(19)20)12-7-8-15(22-2)16(9-12)23-14-5-3-4-6-14/h7-9,13-14,21H,3-6,10-11H2,1-2H3. The topological polar surface area (TPSA) is 59.0 Å². The van der Waals surface area contributed by atoms with Crippen molar-refractivity contribution in [1.82, 2.24) is 4.81 Å². The van der Waals surface area contributed by atoms with Gasteiger partial charge in [0.05, 0.1) is 13.2 Å². The van der Waals surface area contributed by atoms with E-state index in [2.05, 4.69) is 0 Å². The summed E-state index contributed by atoms with van der Waals surface area (Å²) >= 11 is 0. The van der Waals surface area contributed by atoms with Gasteiger partial charge in [0, 0.05) is 18.9 Å². The number of hydrogen-bond donors (Lipinski definition) is 1. The smallest absolute Gasteiger partial charge is 0.411 e. The lowest BCUT2D eigenvalue weighted by atomic mass is 9.85. The minimum absolute atomic E-state index is 0.000852. The van der Waals surface area contributed by atoms with Crippen molar-refractivity contribution in [2.45, 2.75) is 50.9 Å². The minimum atomic E-state index is -0.736. The Balaban J connectivity index is 1.79. The molecule has 1 aliphatic carbocycles. The average Bonchev–Trinajstić information content (AvgIpc) is 3.16. The number of benzene rings is 1. The van der Waals surface area contributed by atoms with Crippen molar-refractivity contribution in [3.05, 3.63) is 23.8 Å². The first-order valence-electron chi connectivity index (χ1n) is 8.40. The molecule has 5 nitrogen and oxygen atoms in total. The molecule has 1 aliphatic heterocycles. The zero-order chi connectivity index (χ0) is 16.4. The Morgan fingerprint density at radius 3 is 2.61 bits per heavy atom. The van der Waals surface area contributed by atoms with Gasteiger partial charge < -0.3 is 19.3 Å². The van der Waals surface area contributed by atoms with Crippen LogP contribution in [0.2, 0.25) is 6.82 Å². The van der Waals surface area contributed by atoms with Crippen molar-refractivity contribution in [3.63, 3.8) is 0 Å². The van der Waals surface area contributed by atoms with Crippen molar-refractivity contribution in [3.8, 4) is 11.5 Å². The molecule has 1 saturated carbocycles. The van der Waals surface area contributed by atoms with E-state index in [4.69, 9.17) is 9.47 Å². The largest absolute Gasteiger partial charge is 0.493 e. The summed E-state index contributed by atoms with van der Waals surface area (Å²) in [5.41, 5.74) is 1.07. The molecule has 1 aromatic carbocycles. The highest BCUT2D eigenvalue weighted by Gasteiger charge is 2.35. The molecule has 1 amide bonds. The molecule has 0 aromatic heterocycles. The fourth-order valence-corrected chi connectivity index (χ4v) is 3.54. The molecule has 0 spiro atoms. The maximum absolute atomic E-state index is 12.0. The molecule has 1 unspecified atom stereocenters. The summed E-state index contributed by atoms with van der Waals surface area (Å²) in [6.07, 6.45) is 5.30. The summed E-state index contributed by atoms with van der Waals surface area (Å²) in [7, 11) is 0.907. The van der Waals surface area contributed by atoms with Crippen molar-refractivity contribution in [2.24, 2.45) is 0 Å². The van der Waals surface area contributed by atoms with Crippen LogP contribution in [0.4, 0.5) is 0 Å². The van der Waals surface area contributed by atoms with Gasteiger partial charge in [-0.25, -0.2) is 0 Å². The highest BCUT2D eigenvalue weighted by Crippen LogP contribution is 2.37. The second-order valence-corrected chi connectivity index (χ2v) is 6.51. The van der Waals surface area contributed by atoms with Crippen LogP contribution >= 0.6 is 0 Å². The second-order valence-electron chi connectivity index (χ2n) is 6.51. The van der Waals surface area contributed by atoms with E-state index in [1.165, 1.54) is 17.7 Å². The normalized spacial score (nSPS) is 21.8. The minimum Gasteiger partial charge on any atom is -0.493 e. The third-order valence-corrected chi connectivity index (χ3v) is 4.86. The summed E-state index contributed by atoms with van der Waals surface area (Å²) in [6.45, 7) is 2.18. The number of rotatable bonds is 5. The molecule has 0 bridgehead atoms. The summed E-state index contributed by atoms with van der Waals surface area (Å²) in [5.74, 6) is 1.59. The van der Waals surface area contributed by atoms with Crippen molar-refractivity contribution >= 4 is 13.0 Å². The molecule has 3 rings (SSSR count). The average molecular weight is 317 g/mol. The molecule has 124 valence electrons. The Labute approximate surface area is 137 Å². The second kappa shape index (κ2) is 6.83. The number of methoxy groups -OCH3 is 1. The Morgan fingerprint density at radius 1 is 1.26 bits per heavy atom. The predicted octanol–water partition coefficient (Wildman–Crippen LogP) is 2.44. The summed E-state index contributed by atoms with van der Waals surface area (Å²) in [6, 6.07) is 5.90. The Kier molecular flexibility index (Phi) is 4.80. The van der Waals surface area contributed by atoms with Crippen LogP contribution in [0.25, 0.3) is 0 Å². The molecule has 0 radical (unpaired) electrons. The highest BCUT2D eigenvalue weighted by atomic mass is 16.5. The highest BCUT2D eigenvalue weighted by molar-refractivity contribution is 6.49. The van der Waals surface area contributed by atoms with Gasteiger partial charge in [-0.15, -0.1) is 0 Å². The quantitative estimate of drug-likeness (QED) is 0.848. The Morgan fingerprint density at radius 2 is 2.00 bits per heavy atom. The molecule has 2 fully saturated rings. The maximum atomic E-state index is 12.0. The first kappa shape index (κ1) is 16.2. The zero-order valence-corrected chi connectivity index (χ0v) is 13.8. The molecule has 6 heteroatoms. The molecule has 1 saturated heterocycles. The summed E-state index contributed by atoms with van der Waals surface area (Å²) < 4.78 is 11.5.